The summed E-state index contributed by atoms with van der Waals surface area (Å²) in [6.45, 7) is 5.75. The third kappa shape index (κ3) is 2.76. The number of rotatable bonds is 3. The van der Waals surface area contributed by atoms with Gasteiger partial charge in [0.05, 0.1) is 10.4 Å². The summed E-state index contributed by atoms with van der Waals surface area (Å²) in [5, 5.41) is 0. The first-order chi connectivity index (χ1) is 8.81. The lowest BCUT2D eigenvalue weighted by Gasteiger charge is -2.38. The van der Waals surface area contributed by atoms with E-state index >= 15 is 0 Å². The molecule has 0 bridgehead atoms. The van der Waals surface area contributed by atoms with E-state index in [0.29, 0.717) is 18.7 Å². The van der Waals surface area contributed by atoms with Gasteiger partial charge in [0, 0.05) is 23.5 Å². The number of amides is 1. The molecule has 0 atom stereocenters. The highest BCUT2D eigenvalue weighted by molar-refractivity contribution is 8.01. The summed E-state index contributed by atoms with van der Waals surface area (Å²) in [7, 11) is 0. The average molecular weight is 278 g/mol. The second kappa shape index (κ2) is 4.89. The minimum absolute atomic E-state index is 0.0249. The molecule has 1 aliphatic rings. The molecule has 1 aromatic rings. The molecular formula is C14H18N2O2S. The van der Waals surface area contributed by atoms with Crippen LogP contribution in [0, 0.1) is 0 Å². The Kier molecular flexibility index (Phi) is 3.58. The molecule has 1 aliphatic heterocycles. The second-order valence-corrected chi connectivity index (χ2v) is 6.91. The van der Waals surface area contributed by atoms with Gasteiger partial charge < -0.3 is 10.6 Å². The molecule has 2 N–H and O–H groups in total. The standard InChI is InChI=1S/C14H18N2O2S/c1-9(17)6-7-16-11-8-10(15)4-5-12(11)19-14(2,3)13(16)18/h4-5,8H,6-7,15H2,1-3H3. The second-order valence-electron chi connectivity index (χ2n) is 5.25. The molecule has 4 nitrogen and oxygen atoms in total. The van der Waals surface area contributed by atoms with E-state index in [1.807, 2.05) is 26.0 Å². The maximum absolute atomic E-state index is 12.5. The third-order valence-corrected chi connectivity index (χ3v) is 4.34. The lowest BCUT2D eigenvalue weighted by atomic mass is 10.1. The summed E-state index contributed by atoms with van der Waals surface area (Å²) in [5.74, 6) is 0.103. The largest absolute Gasteiger partial charge is 0.399 e. The summed E-state index contributed by atoms with van der Waals surface area (Å²) < 4.78 is -0.514. The van der Waals surface area contributed by atoms with Crippen LogP contribution in [0.4, 0.5) is 11.4 Å². The Hall–Kier alpha value is -1.49. The molecule has 0 spiro atoms. The van der Waals surface area contributed by atoms with E-state index in [0.717, 1.165) is 10.6 Å². The van der Waals surface area contributed by atoms with Crippen LogP contribution >= 0.6 is 11.8 Å². The van der Waals surface area contributed by atoms with Crippen molar-refractivity contribution in [1.82, 2.24) is 0 Å². The van der Waals surface area contributed by atoms with Gasteiger partial charge in [-0.05, 0) is 39.0 Å². The van der Waals surface area contributed by atoms with Gasteiger partial charge in [-0.15, -0.1) is 11.8 Å². The highest BCUT2D eigenvalue weighted by atomic mass is 32.2. The molecule has 0 radical (unpaired) electrons. The fraction of sp³-hybridized carbons (Fsp3) is 0.429. The van der Waals surface area contributed by atoms with E-state index < -0.39 is 4.75 Å². The first-order valence-electron chi connectivity index (χ1n) is 6.21. The molecule has 1 amide bonds. The lowest BCUT2D eigenvalue weighted by Crippen LogP contribution is -2.47. The number of nitrogen functional groups attached to an aromatic ring is 1. The third-order valence-electron chi connectivity index (χ3n) is 3.09. The molecule has 0 unspecified atom stereocenters. The quantitative estimate of drug-likeness (QED) is 0.863. The normalized spacial score (nSPS) is 17.2. The molecule has 19 heavy (non-hydrogen) atoms. The van der Waals surface area contributed by atoms with Crippen LogP contribution in [-0.4, -0.2) is 23.0 Å². The number of thioether (sulfide) groups is 1. The van der Waals surface area contributed by atoms with Gasteiger partial charge in [0.1, 0.15) is 5.78 Å². The first kappa shape index (κ1) is 13.9. The van der Waals surface area contributed by atoms with E-state index in [-0.39, 0.29) is 11.7 Å². The highest BCUT2D eigenvalue weighted by Gasteiger charge is 2.39. The Balaban J connectivity index is 2.41. The van der Waals surface area contributed by atoms with Crippen LogP contribution in [0.2, 0.25) is 0 Å². The molecule has 1 heterocycles. The van der Waals surface area contributed by atoms with Gasteiger partial charge in [-0.3, -0.25) is 9.59 Å². The van der Waals surface area contributed by atoms with Crippen molar-refractivity contribution in [3.63, 3.8) is 0 Å². The van der Waals surface area contributed by atoms with Crippen molar-refractivity contribution in [3.8, 4) is 0 Å². The Morgan fingerprint density at radius 2 is 2.11 bits per heavy atom. The zero-order valence-corrected chi connectivity index (χ0v) is 12.2. The van der Waals surface area contributed by atoms with E-state index in [2.05, 4.69) is 0 Å². The van der Waals surface area contributed by atoms with E-state index in [4.69, 9.17) is 5.73 Å². The number of carbonyl (C=O) groups excluding carboxylic acids is 2. The highest BCUT2D eigenvalue weighted by Crippen LogP contribution is 2.45. The average Bonchev–Trinajstić information content (AvgIpc) is 2.30. The molecule has 102 valence electrons. The smallest absolute Gasteiger partial charge is 0.243 e. The van der Waals surface area contributed by atoms with Crippen LogP contribution in [0.25, 0.3) is 0 Å². The summed E-state index contributed by atoms with van der Waals surface area (Å²) >= 11 is 1.54. The number of hydrogen-bond donors (Lipinski definition) is 1. The molecule has 0 fully saturated rings. The number of fused-ring (bicyclic) bond motifs is 1. The van der Waals surface area contributed by atoms with E-state index in [9.17, 15) is 9.59 Å². The van der Waals surface area contributed by atoms with Crippen LogP contribution in [0.15, 0.2) is 23.1 Å². The maximum Gasteiger partial charge on any atom is 0.243 e. The van der Waals surface area contributed by atoms with Crippen molar-refractivity contribution in [3.05, 3.63) is 18.2 Å². The van der Waals surface area contributed by atoms with Gasteiger partial charge in [0.2, 0.25) is 5.91 Å². The number of benzene rings is 1. The van der Waals surface area contributed by atoms with Gasteiger partial charge >= 0.3 is 0 Å². The fourth-order valence-electron chi connectivity index (χ4n) is 2.08. The van der Waals surface area contributed by atoms with E-state index in [1.165, 1.54) is 18.7 Å². The van der Waals surface area contributed by atoms with Crippen LogP contribution in [0.1, 0.15) is 27.2 Å². The monoisotopic (exact) mass is 278 g/mol. The van der Waals surface area contributed by atoms with Crippen molar-refractivity contribution in [2.24, 2.45) is 0 Å². The van der Waals surface area contributed by atoms with Gasteiger partial charge in [0.15, 0.2) is 0 Å². The van der Waals surface area contributed by atoms with Crippen molar-refractivity contribution < 1.29 is 9.59 Å². The van der Waals surface area contributed by atoms with Gasteiger partial charge in [-0.2, -0.15) is 0 Å². The summed E-state index contributed by atoms with van der Waals surface area (Å²) in [6.07, 6.45) is 0.362. The molecule has 0 aromatic heterocycles. The SMILES string of the molecule is CC(=O)CCN1C(=O)C(C)(C)Sc2ccc(N)cc21. The van der Waals surface area contributed by atoms with Crippen molar-refractivity contribution >= 4 is 34.8 Å². The molecule has 5 heteroatoms. The minimum atomic E-state index is -0.514. The van der Waals surface area contributed by atoms with Crippen molar-refractivity contribution in [2.45, 2.75) is 36.8 Å². The van der Waals surface area contributed by atoms with Crippen LogP contribution < -0.4 is 10.6 Å². The predicted molar refractivity (Wildman–Crippen MR) is 78.4 cm³/mol. The zero-order valence-electron chi connectivity index (χ0n) is 11.4. The summed E-state index contributed by atoms with van der Waals surface area (Å²) in [6, 6.07) is 5.57. The van der Waals surface area contributed by atoms with Crippen LogP contribution in [0.5, 0.6) is 0 Å². The Morgan fingerprint density at radius 3 is 2.74 bits per heavy atom. The molecule has 0 saturated heterocycles. The first-order valence-corrected chi connectivity index (χ1v) is 7.03. The number of ketones is 1. The van der Waals surface area contributed by atoms with Crippen LogP contribution in [0.3, 0.4) is 0 Å². The number of carbonyl (C=O) groups is 2. The molecule has 0 saturated carbocycles. The van der Waals surface area contributed by atoms with Crippen LogP contribution in [-0.2, 0) is 9.59 Å². The molecular weight excluding hydrogens is 260 g/mol. The van der Waals surface area contributed by atoms with Gasteiger partial charge in [0.25, 0.3) is 0 Å². The number of hydrogen-bond acceptors (Lipinski definition) is 4. The Morgan fingerprint density at radius 1 is 1.42 bits per heavy atom. The predicted octanol–water partition coefficient (Wildman–Crippen LogP) is 2.47. The number of Topliss-reactive ketones (excluding diaryl/α,β-unsaturated/α-hetero) is 1. The molecule has 1 aromatic carbocycles. The Labute approximate surface area is 117 Å². The molecule has 0 aliphatic carbocycles. The number of anilines is 2. The van der Waals surface area contributed by atoms with E-state index in [1.54, 1.807) is 11.0 Å². The van der Waals surface area contributed by atoms with Gasteiger partial charge in [-0.1, -0.05) is 0 Å². The summed E-state index contributed by atoms with van der Waals surface area (Å²) in [4.78, 5) is 26.4. The molecule has 2 rings (SSSR count). The van der Waals surface area contributed by atoms with Crippen molar-refractivity contribution in [1.29, 1.82) is 0 Å². The Bertz CT molecular complexity index is 540. The summed E-state index contributed by atoms with van der Waals surface area (Å²) in [5.41, 5.74) is 7.24. The number of nitrogens with zero attached hydrogens (tertiary/aromatic N) is 1. The van der Waals surface area contributed by atoms with Gasteiger partial charge in [-0.25, -0.2) is 0 Å². The van der Waals surface area contributed by atoms with Crippen molar-refractivity contribution in [2.75, 3.05) is 17.2 Å². The zero-order chi connectivity index (χ0) is 14.2. The number of nitrogens with two attached hydrogens (primary N) is 1. The topological polar surface area (TPSA) is 63.4 Å². The maximum atomic E-state index is 12.5. The fourth-order valence-corrected chi connectivity index (χ4v) is 3.23. The lowest BCUT2D eigenvalue weighted by molar-refractivity contribution is -0.120. The minimum Gasteiger partial charge on any atom is -0.399 e.